The number of carbonyl (C=O) groups is 1. The fraction of sp³-hybridized carbons (Fsp3) is 0.875. The van der Waals surface area contributed by atoms with Gasteiger partial charge in [0.1, 0.15) is 0 Å². The molecule has 1 aliphatic carbocycles. The summed E-state index contributed by atoms with van der Waals surface area (Å²) in [6.45, 7) is 6.71. The Kier molecular flexibility index (Phi) is 3.52. The van der Waals surface area contributed by atoms with Gasteiger partial charge in [-0.1, -0.05) is 20.8 Å². The first-order valence-electron chi connectivity index (χ1n) is 3.78. The van der Waals surface area contributed by atoms with Gasteiger partial charge < -0.3 is 14.9 Å². The molecule has 4 nitrogen and oxygen atoms in total. The molecule has 1 fully saturated rings. The highest BCUT2D eigenvalue weighted by atomic mass is 16.6. The summed E-state index contributed by atoms with van der Waals surface area (Å²) in [6.07, 6.45) is -1.32. The Balaban J connectivity index is 0.000000261. The third kappa shape index (κ3) is 2.70. The van der Waals surface area contributed by atoms with Crippen LogP contribution < -0.4 is 0 Å². The van der Waals surface area contributed by atoms with Crippen LogP contribution in [0.3, 0.4) is 0 Å². The van der Waals surface area contributed by atoms with Crippen molar-refractivity contribution in [1.82, 2.24) is 0 Å². The average molecular weight is 176 g/mol. The molecule has 0 aromatic carbocycles. The Hall–Kier alpha value is -0.770. The van der Waals surface area contributed by atoms with Crippen LogP contribution in [0.1, 0.15) is 20.8 Å². The van der Waals surface area contributed by atoms with Gasteiger partial charge in [-0.25, -0.2) is 4.79 Å². The second-order valence-electron chi connectivity index (χ2n) is 3.55. The van der Waals surface area contributed by atoms with Gasteiger partial charge in [-0.3, -0.25) is 0 Å². The van der Waals surface area contributed by atoms with Crippen molar-refractivity contribution in [3.63, 3.8) is 0 Å². The van der Waals surface area contributed by atoms with E-state index in [2.05, 4.69) is 20.8 Å². The second kappa shape index (κ2) is 3.76. The van der Waals surface area contributed by atoms with Gasteiger partial charge in [-0.05, 0) is 11.3 Å². The van der Waals surface area contributed by atoms with Crippen molar-refractivity contribution in [1.29, 1.82) is 0 Å². The minimum Gasteiger partial charge on any atom is -0.450 e. The average Bonchev–Trinajstić information content (AvgIpc) is 2.31. The van der Waals surface area contributed by atoms with Crippen LogP contribution >= 0.6 is 0 Å². The summed E-state index contributed by atoms with van der Waals surface area (Å²) >= 11 is 0. The monoisotopic (exact) mass is 176 g/mol. The van der Waals surface area contributed by atoms with E-state index in [-0.39, 0.29) is 0 Å². The van der Waals surface area contributed by atoms with Crippen molar-refractivity contribution in [2.24, 2.45) is 11.3 Å². The lowest BCUT2D eigenvalue weighted by molar-refractivity contribution is 0.137. The van der Waals surface area contributed by atoms with E-state index in [1.807, 2.05) is 0 Å². The summed E-state index contributed by atoms with van der Waals surface area (Å²) in [4.78, 5) is 8.56. The quantitative estimate of drug-likeness (QED) is 0.640. The van der Waals surface area contributed by atoms with E-state index in [1.54, 1.807) is 7.11 Å². The fourth-order valence-electron chi connectivity index (χ4n) is 1.35. The molecule has 0 aliphatic heterocycles. The molecule has 1 aliphatic rings. The van der Waals surface area contributed by atoms with Crippen LogP contribution in [0.15, 0.2) is 0 Å². The minimum absolute atomic E-state index is 0.453. The molecule has 0 aromatic rings. The molecule has 1 saturated carbocycles. The molecule has 0 bridgehead atoms. The maximum Gasteiger partial charge on any atom is 0.503 e. The van der Waals surface area contributed by atoms with Crippen LogP contribution in [0.4, 0.5) is 4.79 Å². The fourth-order valence-corrected chi connectivity index (χ4v) is 1.35. The molecular weight excluding hydrogens is 160 g/mol. The predicted octanol–water partition coefficient (Wildman–Crippen LogP) is 1.90. The highest BCUT2D eigenvalue weighted by Gasteiger charge is 2.55. The molecular formula is C8H16O4. The summed E-state index contributed by atoms with van der Waals surface area (Å²) in [5.41, 5.74) is 0.453. The molecule has 2 atom stereocenters. The Bertz CT molecular complexity index is 160. The molecule has 0 aromatic heterocycles. The summed E-state index contributed by atoms with van der Waals surface area (Å²) in [5.74, 6) is 0.757. The first-order valence-corrected chi connectivity index (χ1v) is 3.78. The van der Waals surface area contributed by atoms with Crippen molar-refractivity contribution in [3.8, 4) is 0 Å². The SMILES string of the molecule is COC1C(C)C1(C)C.O=C(O)O. The maximum atomic E-state index is 8.56. The van der Waals surface area contributed by atoms with Gasteiger partial charge in [0, 0.05) is 7.11 Å². The molecule has 0 radical (unpaired) electrons. The third-order valence-corrected chi connectivity index (χ3v) is 2.51. The van der Waals surface area contributed by atoms with Crippen LogP contribution in [0, 0.1) is 11.3 Å². The molecule has 1 rings (SSSR count). The Morgan fingerprint density at radius 1 is 1.42 bits per heavy atom. The third-order valence-electron chi connectivity index (χ3n) is 2.51. The maximum absolute atomic E-state index is 8.56. The van der Waals surface area contributed by atoms with Gasteiger partial charge in [-0.2, -0.15) is 0 Å². The summed E-state index contributed by atoms with van der Waals surface area (Å²) in [6, 6.07) is 0. The number of hydrogen-bond donors (Lipinski definition) is 2. The number of carboxylic acid groups (broad SMARTS) is 2. The molecule has 2 N–H and O–H groups in total. The first kappa shape index (κ1) is 11.2. The molecule has 0 amide bonds. The van der Waals surface area contributed by atoms with Gasteiger partial charge in [0.05, 0.1) is 6.10 Å². The zero-order chi connectivity index (χ0) is 9.94. The van der Waals surface area contributed by atoms with E-state index in [0.717, 1.165) is 5.92 Å². The van der Waals surface area contributed by atoms with Gasteiger partial charge >= 0.3 is 6.16 Å². The smallest absolute Gasteiger partial charge is 0.450 e. The molecule has 2 unspecified atom stereocenters. The van der Waals surface area contributed by atoms with Gasteiger partial charge in [0.2, 0.25) is 0 Å². The van der Waals surface area contributed by atoms with Crippen LogP contribution in [0.25, 0.3) is 0 Å². The Labute approximate surface area is 72.2 Å². The van der Waals surface area contributed by atoms with Gasteiger partial charge in [-0.15, -0.1) is 0 Å². The van der Waals surface area contributed by atoms with Crippen molar-refractivity contribution in [2.45, 2.75) is 26.9 Å². The largest absolute Gasteiger partial charge is 0.503 e. The lowest BCUT2D eigenvalue weighted by atomic mass is 10.1. The normalized spacial score (nSPS) is 30.0. The number of methoxy groups -OCH3 is 1. The summed E-state index contributed by atoms with van der Waals surface area (Å²) in [5, 5.41) is 13.9. The molecule has 0 spiro atoms. The van der Waals surface area contributed by atoms with Crippen LogP contribution in [-0.4, -0.2) is 29.6 Å². The molecule has 12 heavy (non-hydrogen) atoms. The number of rotatable bonds is 1. The molecule has 0 saturated heterocycles. The lowest BCUT2D eigenvalue weighted by Crippen LogP contribution is -1.96. The predicted molar refractivity (Wildman–Crippen MR) is 44.4 cm³/mol. The van der Waals surface area contributed by atoms with Crippen molar-refractivity contribution in [3.05, 3.63) is 0 Å². The van der Waals surface area contributed by atoms with Crippen LogP contribution in [0.5, 0.6) is 0 Å². The Morgan fingerprint density at radius 2 is 1.67 bits per heavy atom. The molecule has 4 heteroatoms. The summed E-state index contributed by atoms with van der Waals surface area (Å²) in [7, 11) is 1.79. The van der Waals surface area contributed by atoms with Gasteiger partial charge in [0.15, 0.2) is 0 Å². The minimum atomic E-state index is -1.83. The van der Waals surface area contributed by atoms with Crippen molar-refractivity contribution < 1.29 is 19.7 Å². The van der Waals surface area contributed by atoms with E-state index >= 15 is 0 Å². The molecule has 0 heterocycles. The van der Waals surface area contributed by atoms with E-state index in [9.17, 15) is 0 Å². The highest BCUT2D eigenvalue weighted by molar-refractivity contribution is 5.53. The lowest BCUT2D eigenvalue weighted by Gasteiger charge is -1.97. The molecule has 72 valence electrons. The van der Waals surface area contributed by atoms with E-state index in [0.29, 0.717) is 11.5 Å². The first-order chi connectivity index (χ1) is 5.34. The van der Waals surface area contributed by atoms with Crippen LogP contribution in [-0.2, 0) is 4.74 Å². The number of hydrogen-bond acceptors (Lipinski definition) is 2. The van der Waals surface area contributed by atoms with Crippen molar-refractivity contribution >= 4 is 6.16 Å². The highest BCUT2D eigenvalue weighted by Crippen LogP contribution is 2.53. The van der Waals surface area contributed by atoms with Gasteiger partial charge in [0.25, 0.3) is 0 Å². The van der Waals surface area contributed by atoms with E-state index in [1.165, 1.54) is 0 Å². The van der Waals surface area contributed by atoms with E-state index < -0.39 is 6.16 Å². The number of ether oxygens (including phenoxy) is 1. The van der Waals surface area contributed by atoms with E-state index in [4.69, 9.17) is 19.7 Å². The topological polar surface area (TPSA) is 66.8 Å². The second-order valence-corrected chi connectivity index (χ2v) is 3.55. The zero-order valence-electron chi connectivity index (χ0n) is 7.87. The van der Waals surface area contributed by atoms with Crippen molar-refractivity contribution in [2.75, 3.05) is 7.11 Å². The zero-order valence-corrected chi connectivity index (χ0v) is 7.87. The standard InChI is InChI=1S/C7H14O.CH2O3/c1-5-6(8-4)7(5,2)3;2-1(3)4/h5-6H,1-4H3;(H2,2,3,4). The Morgan fingerprint density at radius 3 is 1.67 bits per heavy atom. The summed E-state index contributed by atoms with van der Waals surface area (Å²) < 4.78 is 5.19. The van der Waals surface area contributed by atoms with Crippen LogP contribution in [0.2, 0.25) is 0 Å².